The number of nitrogens with zero attached hydrogens (tertiary/aromatic N) is 1. The molecule has 0 aliphatic rings. The molecule has 0 unspecified atom stereocenters. The van der Waals surface area contributed by atoms with Crippen molar-refractivity contribution >= 4 is 34.8 Å². The van der Waals surface area contributed by atoms with Gasteiger partial charge in [0.15, 0.2) is 5.96 Å². The highest BCUT2D eigenvalue weighted by atomic mass is 35.5. The summed E-state index contributed by atoms with van der Waals surface area (Å²) in [5.41, 5.74) is 6.30. The molecule has 1 aromatic carbocycles. The SMILES string of the molecule is CCN=C(N)Nc1cc(Cl)cc(Cl)c1. The van der Waals surface area contributed by atoms with Crippen LogP contribution in [0.1, 0.15) is 6.92 Å². The van der Waals surface area contributed by atoms with Crippen LogP contribution in [-0.2, 0) is 0 Å². The number of anilines is 1. The lowest BCUT2D eigenvalue weighted by molar-refractivity contribution is 1.12. The molecule has 3 nitrogen and oxygen atoms in total. The zero-order valence-corrected chi connectivity index (χ0v) is 9.23. The molecule has 14 heavy (non-hydrogen) atoms. The van der Waals surface area contributed by atoms with Crippen LogP contribution in [0.2, 0.25) is 10.0 Å². The minimum Gasteiger partial charge on any atom is -0.370 e. The van der Waals surface area contributed by atoms with Crippen molar-refractivity contribution in [2.75, 3.05) is 11.9 Å². The Bertz CT molecular complexity index is 330. The average molecular weight is 232 g/mol. The first-order valence-corrected chi connectivity index (χ1v) is 4.90. The Morgan fingerprint density at radius 2 is 1.93 bits per heavy atom. The normalized spacial score (nSPS) is 11.5. The first-order valence-electron chi connectivity index (χ1n) is 4.15. The molecule has 0 saturated carbocycles. The van der Waals surface area contributed by atoms with Crippen molar-refractivity contribution in [2.24, 2.45) is 10.7 Å². The molecule has 3 N–H and O–H groups in total. The molecule has 1 aromatic rings. The van der Waals surface area contributed by atoms with E-state index in [4.69, 9.17) is 28.9 Å². The molecular formula is C9H11Cl2N3. The van der Waals surface area contributed by atoms with Crippen LogP contribution in [-0.4, -0.2) is 12.5 Å². The lowest BCUT2D eigenvalue weighted by atomic mass is 10.3. The van der Waals surface area contributed by atoms with Gasteiger partial charge in [-0.15, -0.1) is 0 Å². The summed E-state index contributed by atoms with van der Waals surface area (Å²) in [6.07, 6.45) is 0. The molecular weight excluding hydrogens is 221 g/mol. The Labute approximate surface area is 92.9 Å². The van der Waals surface area contributed by atoms with Gasteiger partial charge in [0.05, 0.1) is 0 Å². The molecule has 0 aliphatic carbocycles. The lowest BCUT2D eigenvalue weighted by Gasteiger charge is -2.05. The molecule has 0 fully saturated rings. The van der Waals surface area contributed by atoms with Crippen molar-refractivity contribution in [1.29, 1.82) is 0 Å². The van der Waals surface area contributed by atoms with Gasteiger partial charge < -0.3 is 11.1 Å². The largest absolute Gasteiger partial charge is 0.370 e. The summed E-state index contributed by atoms with van der Waals surface area (Å²) in [4.78, 5) is 3.98. The summed E-state index contributed by atoms with van der Waals surface area (Å²) >= 11 is 11.6. The Kier molecular flexibility index (Phi) is 4.04. The zero-order valence-electron chi connectivity index (χ0n) is 7.72. The van der Waals surface area contributed by atoms with Crippen LogP contribution < -0.4 is 11.1 Å². The number of guanidine groups is 1. The number of halogens is 2. The van der Waals surface area contributed by atoms with Gasteiger partial charge in [0.2, 0.25) is 0 Å². The highest BCUT2D eigenvalue weighted by molar-refractivity contribution is 6.35. The number of aliphatic imine (C=N–C) groups is 1. The summed E-state index contributed by atoms with van der Waals surface area (Å²) in [7, 11) is 0. The van der Waals surface area contributed by atoms with Crippen LogP contribution in [0.15, 0.2) is 23.2 Å². The highest BCUT2D eigenvalue weighted by Crippen LogP contribution is 2.22. The second kappa shape index (κ2) is 5.08. The number of hydrogen-bond acceptors (Lipinski definition) is 1. The molecule has 0 bridgehead atoms. The molecule has 0 aromatic heterocycles. The quantitative estimate of drug-likeness (QED) is 0.608. The smallest absolute Gasteiger partial charge is 0.193 e. The van der Waals surface area contributed by atoms with Gasteiger partial charge >= 0.3 is 0 Å². The van der Waals surface area contributed by atoms with E-state index in [0.717, 1.165) is 5.69 Å². The summed E-state index contributed by atoms with van der Waals surface area (Å²) in [6.45, 7) is 2.53. The van der Waals surface area contributed by atoms with Gasteiger partial charge in [-0.2, -0.15) is 0 Å². The Hall–Kier alpha value is -0.930. The first kappa shape index (κ1) is 11.1. The predicted octanol–water partition coefficient (Wildman–Crippen LogP) is 2.74. The Morgan fingerprint density at radius 1 is 1.36 bits per heavy atom. The Balaban J connectivity index is 2.81. The minimum absolute atomic E-state index is 0.353. The minimum atomic E-state index is 0.353. The zero-order chi connectivity index (χ0) is 10.6. The van der Waals surface area contributed by atoms with Crippen LogP contribution in [0.5, 0.6) is 0 Å². The maximum Gasteiger partial charge on any atom is 0.193 e. The van der Waals surface area contributed by atoms with E-state index >= 15 is 0 Å². The standard InChI is InChI=1S/C9H11Cl2N3/c1-2-13-9(12)14-8-4-6(10)3-7(11)5-8/h3-5H,2H2,1H3,(H3,12,13,14). The highest BCUT2D eigenvalue weighted by Gasteiger charge is 1.98. The van der Waals surface area contributed by atoms with Crippen molar-refractivity contribution in [3.05, 3.63) is 28.2 Å². The van der Waals surface area contributed by atoms with Crippen LogP contribution in [0, 0.1) is 0 Å². The van der Waals surface area contributed by atoms with E-state index in [2.05, 4.69) is 10.3 Å². The summed E-state index contributed by atoms with van der Waals surface area (Å²) in [5, 5.41) is 4.00. The maximum absolute atomic E-state index is 5.81. The van der Waals surface area contributed by atoms with Crippen LogP contribution >= 0.6 is 23.2 Å². The van der Waals surface area contributed by atoms with Gasteiger partial charge in [-0.3, -0.25) is 4.99 Å². The molecule has 0 atom stereocenters. The fourth-order valence-electron chi connectivity index (χ4n) is 0.984. The van der Waals surface area contributed by atoms with E-state index in [1.807, 2.05) is 6.92 Å². The second-order valence-corrected chi connectivity index (χ2v) is 3.52. The monoisotopic (exact) mass is 231 g/mol. The van der Waals surface area contributed by atoms with Gasteiger partial charge in [0.1, 0.15) is 0 Å². The molecule has 0 spiro atoms. The lowest BCUT2D eigenvalue weighted by Crippen LogP contribution is -2.22. The van der Waals surface area contributed by atoms with E-state index in [-0.39, 0.29) is 0 Å². The average Bonchev–Trinajstić information content (AvgIpc) is 2.01. The molecule has 1 rings (SSSR count). The van der Waals surface area contributed by atoms with Crippen molar-refractivity contribution in [2.45, 2.75) is 6.92 Å². The van der Waals surface area contributed by atoms with Gasteiger partial charge in [0.25, 0.3) is 0 Å². The number of benzene rings is 1. The van der Waals surface area contributed by atoms with E-state index in [1.165, 1.54) is 0 Å². The number of nitrogens with two attached hydrogens (primary N) is 1. The summed E-state index contributed by atoms with van der Waals surface area (Å²) in [5.74, 6) is 0.353. The molecule has 76 valence electrons. The molecule has 5 heteroatoms. The molecule has 0 saturated heterocycles. The van der Waals surface area contributed by atoms with Gasteiger partial charge in [-0.1, -0.05) is 23.2 Å². The van der Waals surface area contributed by atoms with Gasteiger partial charge in [-0.25, -0.2) is 0 Å². The van der Waals surface area contributed by atoms with Crippen molar-refractivity contribution < 1.29 is 0 Å². The van der Waals surface area contributed by atoms with Gasteiger partial charge in [0, 0.05) is 22.3 Å². The van der Waals surface area contributed by atoms with E-state index in [0.29, 0.717) is 22.5 Å². The third-order valence-electron chi connectivity index (χ3n) is 1.46. The maximum atomic E-state index is 5.81. The van der Waals surface area contributed by atoms with Gasteiger partial charge in [-0.05, 0) is 25.1 Å². The van der Waals surface area contributed by atoms with E-state index in [9.17, 15) is 0 Å². The van der Waals surface area contributed by atoms with E-state index in [1.54, 1.807) is 18.2 Å². The van der Waals surface area contributed by atoms with Crippen LogP contribution in [0.3, 0.4) is 0 Å². The summed E-state index contributed by atoms with van der Waals surface area (Å²) in [6, 6.07) is 5.11. The fraction of sp³-hybridized carbons (Fsp3) is 0.222. The van der Waals surface area contributed by atoms with Crippen molar-refractivity contribution in [3.8, 4) is 0 Å². The topological polar surface area (TPSA) is 50.4 Å². The van der Waals surface area contributed by atoms with E-state index < -0.39 is 0 Å². The number of hydrogen-bond donors (Lipinski definition) is 2. The molecule has 0 aliphatic heterocycles. The van der Waals surface area contributed by atoms with Crippen LogP contribution in [0.4, 0.5) is 5.69 Å². The number of rotatable bonds is 2. The Morgan fingerprint density at radius 3 is 2.43 bits per heavy atom. The third-order valence-corrected chi connectivity index (χ3v) is 1.90. The fourth-order valence-corrected chi connectivity index (χ4v) is 1.51. The first-order chi connectivity index (χ1) is 6.61. The molecule has 0 amide bonds. The third kappa shape index (κ3) is 3.44. The van der Waals surface area contributed by atoms with Crippen LogP contribution in [0.25, 0.3) is 0 Å². The molecule has 0 radical (unpaired) electrons. The van der Waals surface area contributed by atoms with Crippen molar-refractivity contribution in [3.63, 3.8) is 0 Å². The predicted molar refractivity (Wildman–Crippen MR) is 62.2 cm³/mol. The number of nitrogens with one attached hydrogen (secondary N) is 1. The second-order valence-electron chi connectivity index (χ2n) is 2.64. The molecule has 0 heterocycles. The van der Waals surface area contributed by atoms with Crippen molar-refractivity contribution in [1.82, 2.24) is 0 Å². The summed E-state index contributed by atoms with van der Waals surface area (Å²) < 4.78 is 0.